The van der Waals surface area contributed by atoms with E-state index >= 15 is 0 Å². The first-order valence-electron chi connectivity index (χ1n) is 8.01. The highest BCUT2D eigenvalue weighted by Gasteiger charge is 2.32. The number of hydrogen-bond donors (Lipinski definition) is 0. The summed E-state index contributed by atoms with van der Waals surface area (Å²) < 4.78 is 11.1. The highest BCUT2D eigenvalue weighted by atomic mass is 16.4. The Balaban J connectivity index is 1.43. The summed E-state index contributed by atoms with van der Waals surface area (Å²) in [5.74, 6) is 2.28. The standard InChI is InChI=1S/C16H21N3O2/c1-2-5-13(6-3-1)19-9-8-12(11-19)15-17-18-16(21-15)14-7-4-10-20-14/h4,7,10,12-13H,1-3,5-6,8-9,11H2. The van der Waals surface area contributed by atoms with Gasteiger partial charge in [0.2, 0.25) is 5.89 Å². The van der Waals surface area contributed by atoms with E-state index in [1.165, 1.54) is 32.1 Å². The van der Waals surface area contributed by atoms with Gasteiger partial charge in [0.05, 0.1) is 12.2 Å². The molecule has 5 nitrogen and oxygen atoms in total. The van der Waals surface area contributed by atoms with Gasteiger partial charge in [-0.05, 0) is 37.9 Å². The SMILES string of the molecule is c1coc(-c2nnc(C3CCN(C4CCCCC4)C3)o2)c1. The Labute approximate surface area is 124 Å². The normalized spacial score (nSPS) is 24.7. The van der Waals surface area contributed by atoms with Gasteiger partial charge in [-0.2, -0.15) is 0 Å². The summed E-state index contributed by atoms with van der Waals surface area (Å²) in [6.07, 6.45) is 9.63. The van der Waals surface area contributed by atoms with Crippen LogP contribution in [-0.2, 0) is 0 Å². The number of likely N-dealkylation sites (tertiary alicyclic amines) is 1. The Kier molecular flexibility index (Phi) is 3.51. The maximum absolute atomic E-state index is 5.80. The second kappa shape index (κ2) is 5.64. The lowest BCUT2D eigenvalue weighted by Gasteiger charge is -2.30. The Morgan fingerprint density at radius 3 is 2.81 bits per heavy atom. The Hall–Kier alpha value is -1.62. The van der Waals surface area contributed by atoms with Gasteiger partial charge in [0, 0.05) is 12.6 Å². The lowest BCUT2D eigenvalue weighted by atomic mass is 9.94. The third kappa shape index (κ3) is 2.62. The van der Waals surface area contributed by atoms with Crippen LogP contribution in [0.5, 0.6) is 0 Å². The molecule has 1 aliphatic heterocycles. The number of hydrogen-bond acceptors (Lipinski definition) is 5. The predicted octanol–water partition coefficient (Wildman–Crippen LogP) is 3.45. The van der Waals surface area contributed by atoms with Crippen molar-refractivity contribution in [3.8, 4) is 11.7 Å². The first-order chi connectivity index (χ1) is 10.4. The maximum Gasteiger partial charge on any atom is 0.283 e. The summed E-state index contributed by atoms with van der Waals surface area (Å²) in [4.78, 5) is 2.63. The number of aromatic nitrogens is 2. The zero-order valence-corrected chi connectivity index (χ0v) is 12.2. The van der Waals surface area contributed by atoms with E-state index in [2.05, 4.69) is 15.1 Å². The molecule has 0 bridgehead atoms. The summed E-state index contributed by atoms with van der Waals surface area (Å²) in [6, 6.07) is 4.45. The molecule has 2 aliphatic rings. The van der Waals surface area contributed by atoms with E-state index in [4.69, 9.17) is 8.83 Å². The van der Waals surface area contributed by atoms with Gasteiger partial charge in [0.1, 0.15) is 0 Å². The number of rotatable bonds is 3. The van der Waals surface area contributed by atoms with E-state index in [1.807, 2.05) is 12.1 Å². The van der Waals surface area contributed by atoms with E-state index in [0.29, 0.717) is 17.6 Å². The van der Waals surface area contributed by atoms with Crippen LogP contribution in [0.3, 0.4) is 0 Å². The van der Waals surface area contributed by atoms with Crippen molar-refractivity contribution in [2.24, 2.45) is 0 Å². The molecule has 0 aromatic carbocycles. The van der Waals surface area contributed by atoms with E-state index in [-0.39, 0.29) is 0 Å². The third-order valence-electron chi connectivity index (χ3n) is 4.83. The van der Waals surface area contributed by atoms with Crippen LogP contribution in [0.1, 0.15) is 50.3 Å². The monoisotopic (exact) mass is 287 g/mol. The van der Waals surface area contributed by atoms with Crippen molar-refractivity contribution in [1.82, 2.24) is 15.1 Å². The van der Waals surface area contributed by atoms with Crippen LogP contribution in [0.25, 0.3) is 11.7 Å². The molecule has 0 amide bonds. The quantitative estimate of drug-likeness (QED) is 0.865. The summed E-state index contributed by atoms with van der Waals surface area (Å²) >= 11 is 0. The van der Waals surface area contributed by atoms with Gasteiger partial charge in [0.25, 0.3) is 5.89 Å². The first kappa shape index (κ1) is 13.1. The molecule has 1 unspecified atom stereocenters. The summed E-state index contributed by atoms with van der Waals surface area (Å²) in [5.41, 5.74) is 0. The van der Waals surface area contributed by atoms with Crippen LogP contribution in [0.2, 0.25) is 0 Å². The van der Waals surface area contributed by atoms with Crippen LogP contribution < -0.4 is 0 Å². The first-order valence-corrected chi connectivity index (χ1v) is 8.01. The van der Waals surface area contributed by atoms with Crippen molar-refractivity contribution < 1.29 is 8.83 Å². The van der Waals surface area contributed by atoms with Gasteiger partial charge in [0.15, 0.2) is 5.76 Å². The van der Waals surface area contributed by atoms with E-state index in [1.54, 1.807) is 6.26 Å². The van der Waals surface area contributed by atoms with Crippen LogP contribution >= 0.6 is 0 Å². The molecule has 112 valence electrons. The van der Waals surface area contributed by atoms with Crippen molar-refractivity contribution in [3.05, 3.63) is 24.3 Å². The minimum atomic E-state index is 0.378. The molecule has 1 aliphatic carbocycles. The minimum Gasteiger partial charge on any atom is -0.459 e. The molecule has 0 spiro atoms. The topological polar surface area (TPSA) is 55.3 Å². The van der Waals surface area contributed by atoms with Gasteiger partial charge < -0.3 is 8.83 Å². The summed E-state index contributed by atoms with van der Waals surface area (Å²) in [7, 11) is 0. The lowest BCUT2D eigenvalue weighted by Crippen LogP contribution is -2.34. The highest BCUT2D eigenvalue weighted by molar-refractivity contribution is 5.42. The Morgan fingerprint density at radius 2 is 2.00 bits per heavy atom. The molecule has 1 saturated heterocycles. The van der Waals surface area contributed by atoms with Crippen molar-refractivity contribution in [1.29, 1.82) is 0 Å². The van der Waals surface area contributed by atoms with E-state index in [9.17, 15) is 0 Å². The van der Waals surface area contributed by atoms with E-state index < -0.39 is 0 Å². The van der Waals surface area contributed by atoms with E-state index in [0.717, 1.165) is 31.4 Å². The number of furan rings is 1. The average molecular weight is 287 g/mol. The van der Waals surface area contributed by atoms with Gasteiger partial charge in [-0.3, -0.25) is 4.90 Å². The Bertz CT molecular complexity index is 572. The predicted molar refractivity (Wildman–Crippen MR) is 77.8 cm³/mol. The molecule has 4 rings (SSSR count). The molecular weight excluding hydrogens is 266 g/mol. The molecule has 1 atom stereocenters. The van der Waals surface area contributed by atoms with Gasteiger partial charge in [-0.1, -0.05) is 19.3 Å². The molecule has 3 heterocycles. The second-order valence-electron chi connectivity index (χ2n) is 6.20. The average Bonchev–Trinajstić information content (AvgIpc) is 3.27. The molecule has 2 aromatic rings. The fraction of sp³-hybridized carbons (Fsp3) is 0.625. The third-order valence-corrected chi connectivity index (χ3v) is 4.83. The van der Waals surface area contributed by atoms with Gasteiger partial charge in [-0.25, -0.2) is 0 Å². The fourth-order valence-corrected chi connectivity index (χ4v) is 3.67. The molecule has 5 heteroatoms. The van der Waals surface area contributed by atoms with Crippen LogP contribution in [-0.4, -0.2) is 34.2 Å². The molecule has 0 N–H and O–H groups in total. The number of nitrogens with zero attached hydrogens (tertiary/aromatic N) is 3. The molecule has 0 radical (unpaired) electrons. The molecule has 2 aromatic heterocycles. The molecule has 1 saturated carbocycles. The van der Waals surface area contributed by atoms with Gasteiger partial charge in [-0.15, -0.1) is 10.2 Å². The van der Waals surface area contributed by atoms with Crippen molar-refractivity contribution in [3.63, 3.8) is 0 Å². The molecular formula is C16H21N3O2. The largest absolute Gasteiger partial charge is 0.459 e. The van der Waals surface area contributed by atoms with Gasteiger partial charge >= 0.3 is 0 Å². The lowest BCUT2D eigenvalue weighted by molar-refractivity contribution is 0.187. The van der Waals surface area contributed by atoms with Crippen LogP contribution in [0.4, 0.5) is 0 Å². The zero-order chi connectivity index (χ0) is 14.1. The summed E-state index contributed by atoms with van der Waals surface area (Å²) in [6.45, 7) is 2.22. The maximum atomic E-state index is 5.80. The van der Waals surface area contributed by atoms with Crippen LogP contribution in [0.15, 0.2) is 27.2 Å². The molecule has 21 heavy (non-hydrogen) atoms. The second-order valence-corrected chi connectivity index (χ2v) is 6.20. The Morgan fingerprint density at radius 1 is 1.10 bits per heavy atom. The zero-order valence-electron chi connectivity index (χ0n) is 12.2. The molecule has 2 fully saturated rings. The summed E-state index contributed by atoms with van der Waals surface area (Å²) in [5, 5.41) is 8.34. The van der Waals surface area contributed by atoms with Crippen LogP contribution in [0, 0.1) is 0 Å². The minimum absolute atomic E-state index is 0.378. The highest BCUT2D eigenvalue weighted by Crippen LogP contribution is 2.33. The fourth-order valence-electron chi connectivity index (χ4n) is 3.67. The van der Waals surface area contributed by atoms with Crippen molar-refractivity contribution >= 4 is 0 Å². The smallest absolute Gasteiger partial charge is 0.283 e. The van der Waals surface area contributed by atoms with Crippen molar-refractivity contribution in [2.45, 2.75) is 50.5 Å². The van der Waals surface area contributed by atoms with Crippen molar-refractivity contribution in [2.75, 3.05) is 13.1 Å².